The Morgan fingerprint density at radius 2 is 2.21 bits per heavy atom. The van der Waals surface area contributed by atoms with Crippen LogP contribution < -0.4 is 5.32 Å². The van der Waals surface area contributed by atoms with Crippen LogP contribution in [0.2, 0.25) is 0 Å². The van der Waals surface area contributed by atoms with Gasteiger partial charge in [0.05, 0.1) is 17.3 Å². The van der Waals surface area contributed by atoms with Gasteiger partial charge in [0.25, 0.3) is 5.91 Å². The summed E-state index contributed by atoms with van der Waals surface area (Å²) < 4.78 is 5.53. The molecule has 0 spiro atoms. The highest BCUT2D eigenvalue weighted by Crippen LogP contribution is 2.24. The van der Waals surface area contributed by atoms with Gasteiger partial charge in [0.15, 0.2) is 0 Å². The Hall–Kier alpha value is -1.79. The third-order valence-corrected chi connectivity index (χ3v) is 3.21. The van der Waals surface area contributed by atoms with Gasteiger partial charge in [0.1, 0.15) is 17.6 Å². The van der Waals surface area contributed by atoms with Gasteiger partial charge < -0.3 is 19.9 Å². The van der Waals surface area contributed by atoms with E-state index < -0.39 is 6.10 Å². The number of aromatic hydroxyl groups is 1. The molecule has 0 aliphatic rings. The van der Waals surface area contributed by atoms with E-state index in [1.165, 1.54) is 12.3 Å². The minimum Gasteiger partial charge on any atom is -0.507 e. The molecular formula is C13H12BrNO4. The zero-order chi connectivity index (χ0) is 13.8. The molecule has 1 atom stereocenters. The largest absolute Gasteiger partial charge is 0.507 e. The van der Waals surface area contributed by atoms with E-state index in [2.05, 4.69) is 21.2 Å². The van der Waals surface area contributed by atoms with Gasteiger partial charge in [-0.2, -0.15) is 0 Å². The quantitative estimate of drug-likeness (QED) is 0.804. The van der Waals surface area contributed by atoms with Crippen molar-refractivity contribution in [2.45, 2.75) is 6.10 Å². The molecule has 0 saturated heterocycles. The summed E-state index contributed by atoms with van der Waals surface area (Å²) in [5.41, 5.74) is 0.312. The molecule has 1 amide bonds. The summed E-state index contributed by atoms with van der Waals surface area (Å²) in [6, 6.07) is 7.78. The lowest BCUT2D eigenvalue weighted by Gasteiger charge is -2.10. The Bertz CT molecular complexity index is 568. The van der Waals surface area contributed by atoms with Gasteiger partial charge >= 0.3 is 0 Å². The summed E-state index contributed by atoms with van der Waals surface area (Å²) in [5, 5.41) is 21.8. The number of phenolic OH excluding ortho intramolecular Hbond substituents is 1. The summed E-state index contributed by atoms with van der Waals surface area (Å²) in [7, 11) is 0. The second-order valence-corrected chi connectivity index (χ2v) is 4.76. The fourth-order valence-corrected chi connectivity index (χ4v) is 1.77. The van der Waals surface area contributed by atoms with Gasteiger partial charge in [-0.25, -0.2) is 0 Å². The van der Waals surface area contributed by atoms with Crippen molar-refractivity contribution in [1.82, 2.24) is 5.32 Å². The number of aliphatic hydroxyl groups is 1. The second-order valence-electron chi connectivity index (χ2n) is 3.91. The number of amides is 1. The van der Waals surface area contributed by atoms with Gasteiger partial charge in [0, 0.05) is 5.56 Å². The summed E-state index contributed by atoms with van der Waals surface area (Å²) >= 11 is 3.13. The summed E-state index contributed by atoms with van der Waals surface area (Å²) in [4.78, 5) is 11.8. The topological polar surface area (TPSA) is 82.7 Å². The number of phenols is 1. The standard InChI is InChI=1S/C13H12BrNO4/c14-9-4-3-8(6-10(9)16)13(18)15-7-11(17)12-2-1-5-19-12/h1-6,11,16-17H,7H2,(H,15,18). The maximum Gasteiger partial charge on any atom is 0.251 e. The van der Waals surface area contributed by atoms with Crippen molar-refractivity contribution in [3.8, 4) is 5.75 Å². The molecule has 2 aromatic rings. The van der Waals surface area contributed by atoms with E-state index in [4.69, 9.17) is 4.42 Å². The van der Waals surface area contributed by atoms with Crippen LogP contribution in [-0.2, 0) is 0 Å². The zero-order valence-corrected chi connectivity index (χ0v) is 11.4. The lowest BCUT2D eigenvalue weighted by molar-refractivity contribution is 0.0900. The van der Waals surface area contributed by atoms with Crippen molar-refractivity contribution in [2.75, 3.05) is 6.54 Å². The van der Waals surface area contributed by atoms with Crippen LogP contribution in [0.25, 0.3) is 0 Å². The molecule has 100 valence electrons. The van der Waals surface area contributed by atoms with Crippen LogP contribution in [0.1, 0.15) is 22.2 Å². The van der Waals surface area contributed by atoms with Crippen LogP contribution in [-0.4, -0.2) is 22.7 Å². The summed E-state index contributed by atoms with van der Waals surface area (Å²) in [6.45, 7) is 0.0309. The molecule has 0 aliphatic heterocycles. The van der Waals surface area contributed by atoms with E-state index in [1.54, 1.807) is 24.3 Å². The molecule has 0 fully saturated rings. The van der Waals surface area contributed by atoms with Crippen LogP contribution in [0, 0.1) is 0 Å². The first-order valence-electron chi connectivity index (χ1n) is 5.56. The first kappa shape index (κ1) is 13.6. The molecule has 1 heterocycles. The van der Waals surface area contributed by atoms with Crippen molar-refractivity contribution >= 4 is 21.8 Å². The van der Waals surface area contributed by atoms with Crippen LogP contribution in [0.15, 0.2) is 45.5 Å². The molecule has 1 aromatic carbocycles. The summed E-state index contributed by atoms with van der Waals surface area (Å²) in [6.07, 6.45) is 0.552. The number of hydrogen-bond donors (Lipinski definition) is 3. The molecule has 6 heteroatoms. The van der Waals surface area contributed by atoms with Gasteiger partial charge in [0.2, 0.25) is 0 Å². The van der Waals surface area contributed by atoms with Crippen molar-refractivity contribution in [1.29, 1.82) is 0 Å². The zero-order valence-electron chi connectivity index (χ0n) is 9.84. The minimum absolute atomic E-state index is 0.0146. The number of nitrogens with one attached hydrogen (secondary N) is 1. The molecule has 0 bridgehead atoms. The molecule has 5 nitrogen and oxygen atoms in total. The average molecular weight is 326 g/mol. The monoisotopic (exact) mass is 325 g/mol. The predicted octanol–water partition coefficient (Wildman–Crippen LogP) is 2.21. The van der Waals surface area contributed by atoms with Crippen LogP contribution in [0.5, 0.6) is 5.75 Å². The van der Waals surface area contributed by atoms with E-state index in [1.807, 2.05) is 0 Å². The minimum atomic E-state index is -0.900. The predicted molar refractivity (Wildman–Crippen MR) is 71.8 cm³/mol. The molecule has 19 heavy (non-hydrogen) atoms. The second kappa shape index (κ2) is 5.90. The van der Waals surface area contributed by atoms with E-state index in [0.717, 1.165) is 0 Å². The third-order valence-electron chi connectivity index (χ3n) is 2.54. The number of hydrogen-bond acceptors (Lipinski definition) is 4. The Kier molecular flexibility index (Phi) is 4.24. The number of halogens is 1. The summed E-state index contributed by atoms with van der Waals surface area (Å²) in [5.74, 6) is -0.00778. The van der Waals surface area contributed by atoms with Crippen molar-refractivity contribution in [2.24, 2.45) is 0 Å². The SMILES string of the molecule is O=C(NCC(O)c1ccco1)c1ccc(Br)c(O)c1. The maximum absolute atomic E-state index is 11.8. The average Bonchev–Trinajstić information content (AvgIpc) is 2.92. The fourth-order valence-electron chi connectivity index (χ4n) is 1.53. The number of carbonyl (C=O) groups is 1. The molecule has 0 aliphatic carbocycles. The number of rotatable bonds is 4. The maximum atomic E-state index is 11.8. The Balaban J connectivity index is 1.96. The Labute approximate surface area is 118 Å². The van der Waals surface area contributed by atoms with Crippen LogP contribution in [0.3, 0.4) is 0 Å². The fraction of sp³-hybridized carbons (Fsp3) is 0.154. The van der Waals surface area contributed by atoms with Crippen molar-refractivity contribution in [3.63, 3.8) is 0 Å². The highest BCUT2D eigenvalue weighted by Gasteiger charge is 2.13. The van der Waals surface area contributed by atoms with E-state index >= 15 is 0 Å². The lowest BCUT2D eigenvalue weighted by Crippen LogP contribution is -2.28. The molecule has 3 N–H and O–H groups in total. The molecular weight excluding hydrogens is 314 g/mol. The van der Waals surface area contributed by atoms with Gasteiger partial charge in [-0.1, -0.05) is 0 Å². The van der Waals surface area contributed by atoms with Crippen LogP contribution >= 0.6 is 15.9 Å². The van der Waals surface area contributed by atoms with E-state index in [-0.39, 0.29) is 18.2 Å². The molecule has 1 unspecified atom stereocenters. The number of carbonyl (C=O) groups excluding carboxylic acids is 1. The van der Waals surface area contributed by atoms with Crippen molar-refractivity contribution < 1.29 is 19.4 Å². The Morgan fingerprint density at radius 1 is 1.42 bits per heavy atom. The highest BCUT2D eigenvalue weighted by molar-refractivity contribution is 9.10. The molecule has 0 radical (unpaired) electrons. The third kappa shape index (κ3) is 3.36. The number of aliphatic hydroxyl groups excluding tert-OH is 1. The first-order chi connectivity index (χ1) is 9.08. The number of benzene rings is 1. The Morgan fingerprint density at radius 3 is 2.84 bits per heavy atom. The lowest BCUT2D eigenvalue weighted by atomic mass is 10.2. The van der Waals surface area contributed by atoms with Gasteiger partial charge in [-0.15, -0.1) is 0 Å². The smallest absolute Gasteiger partial charge is 0.251 e. The first-order valence-corrected chi connectivity index (χ1v) is 6.35. The molecule has 2 rings (SSSR count). The van der Waals surface area contributed by atoms with Crippen molar-refractivity contribution in [3.05, 3.63) is 52.4 Å². The molecule has 0 saturated carbocycles. The molecule has 1 aromatic heterocycles. The van der Waals surface area contributed by atoms with E-state index in [9.17, 15) is 15.0 Å². The van der Waals surface area contributed by atoms with E-state index in [0.29, 0.717) is 15.8 Å². The number of furan rings is 1. The normalized spacial score (nSPS) is 12.1. The van der Waals surface area contributed by atoms with Crippen LogP contribution in [0.4, 0.5) is 0 Å². The van der Waals surface area contributed by atoms with Gasteiger partial charge in [-0.3, -0.25) is 4.79 Å². The van der Waals surface area contributed by atoms with Gasteiger partial charge in [-0.05, 0) is 46.3 Å². The highest BCUT2D eigenvalue weighted by atomic mass is 79.9.